The van der Waals surface area contributed by atoms with Crippen LogP contribution in [0.1, 0.15) is 5.56 Å². The molecule has 1 N–H and O–H groups in total. The summed E-state index contributed by atoms with van der Waals surface area (Å²) in [5, 5.41) is 11.2. The summed E-state index contributed by atoms with van der Waals surface area (Å²) in [5.41, 5.74) is 1.03. The lowest BCUT2D eigenvalue weighted by molar-refractivity contribution is 0.178. The molecule has 0 aliphatic rings. The maximum Gasteiger partial charge on any atom is 0.0946 e. The first-order valence-corrected chi connectivity index (χ1v) is 7.71. The van der Waals surface area contributed by atoms with Gasteiger partial charge in [-0.1, -0.05) is 29.3 Å². The van der Waals surface area contributed by atoms with Crippen molar-refractivity contribution in [1.82, 2.24) is 9.55 Å². The van der Waals surface area contributed by atoms with E-state index in [2.05, 4.69) is 4.98 Å². The van der Waals surface area contributed by atoms with Crippen molar-refractivity contribution in [1.29, 1.82) is 0 Å². The number of halogens is 2. The van der Waals surface area contributed by atoms with Crippen LogP contribution in [0.25, 0.3) is 0 Å². The SMILES string of the molecule is OC(CSCc1ccc(Cl)cc1Cl)Cn1ccnc1. The standard InChI is InChI=1S/C13H14Cl2N2OS/c14-11-2-1-10(13(15)5-11)7-19-8-12(18)6-17-4-3-16-9-17/h1-5,9,12,18H,6-8H2. The van der Waals surface area contributed by atoms with Crippen LogP contribution in [0.15, 0.2) is 36.9 Å². The van der Waals surface area contributed by atoms with E-state index in [-0.39, 0.29) is 0 Å². The van der Waals surface area contributed by atoms with Crippen molar-refractivity contribution in [3.8, 4) is 0 Å². The molecule has 1 unspecified atom stereocenters. The number of nitrogens with zero attached hydrogens (tertiary/aromatic N) is 2. The Balaban J connectivity index is 1.76. The summed E-state index contributed by atoms with van der Waals surface area (Å²) in [6.07, 6.45) is 4.84. The minimum atomic E-state index is -0.398. The van der Waals surface area contributed by atoms with E-state index in [0.29, 0.717) is 22.3 Å². The number of hydrogen-bond acceptors (Lipinski definition) is 3. The van der Waals surface area contributed by atoms with E-state index in [1.807, 2.05) is 22.9 Å². The summed E-state index contributed by atoms with van der Waals surface area (Å²) >= 11 is 13.6. The Bertz CT molecular complexity index is 519. The molecule has 0 spiro atoms. The smallest absolute Gasteiger partial charge is 0.0946 e. The predicted octanol–water partition coefficient (Wildman–Crippen LogP) is 3.48. The van der Waals surface area contributed by atoms with Crippen molar-refractivity contribution in [3.05, 3.63) is 52.5 Å². The van der Waals surface area contributed by atoms with Crippen molar-refractivity contribution in [2.24, 2.45) is 0 Å². The third-order valence-corrected chi connectivity index (χ3v) is 4.29. The van der Waals surface area contributed by atoms with Crippen LogP contribution in [-0.2, 0) is 12.3 Å². The molecule has 2 rings (SSSR count). The molecule has 19 heavy (non-hydrogen) atoms. The number of thioether (sulfide) groups is 1. The number of aliphatic hydroxyl groups is 1. The van der Waals surface area contributed by atoms with E-state index < -0.39 is 6.10 Å². The molecule has 0 saturated carbocycles. The van der Waals surface area contributed by atoms with Gasteiger partial charge in [0.2, 0.25) is 0 Å². The molecule has 1 aromatic carbocycles. The average molecular weight is 317 g/mol. The van der Waals surface area contributed by atoms with Gasteiger partial charge in [0.05, 0.1) is 19.0 Å². The van der Waals surface area contributed by atoms with Crippen molar-refractivity contribution >= 4 is 35.0 Å². The van der Waals surface area contributed by atoms with E-state index in [0.717, 1.165) is 11.3 Å². The first kappa shape index (κ1) is 14.7. The van der Waals surface area contributed by atoms with Crippen molar-refractivity contribution in [2.45, 2.75) is 18.4 Å². The van der Waals surface area contributed by atoms with Gasteiger partial charge in [-0.15, -0.1) is 0 Å². The second-order valence-electron chi connectivity index (χ2n) is 4.16. The second kappa shape index (κ2) is 7.20. The summed E-state index contributed by atoms with van der Waals surface area (Å²) in [7, 11) is 0. The molecule has 0 saturated heterocycles. The van der Waals surface area contributed by atoms with E-state index >= 15 is 0 Å². The van der Waals surface area contributed by atoms with E-state index in [9.17, 15) is 5.11 Å². The van der Waals surface area contributed by atoms with Gasteiger partial charge in [0, 0.05) is 33.9 Å². The molecule has 2 aromatic rings. The third-order valence-electron chi connectivity index (χ3n) is 2.56. The Morgan fingerprint density at radius 1 is 1.37 bits per heavy atom. The van der Waals surface area contributed by atoms with Gasteiger partial charge in [0.15, 0.2) is 0 Å². The van der Waals surface area contributed by atoms with Crippen molar-refractivity contribution in [2.75, 3.05) is 5.75 Å². The third kappa shape index (κ3) is 4.73. The predicted molar refractivity (Wildman–Crippen MR) is 80.9 cm³/mol. The Morgan fingerprint density at radius 3 is 2.89 bits per heavy atom. The zero-order valence-electron chi connectivity index (χ0n) is 10.2. The fourth-order valence-electron chi connectivity index (χ4n) is 1.63. The number of imidazole rings is 1. The van der Waals surface area contributed by atoms with Gasteiger partial charge in [-0.25, -0.2) is 4.98 Å². The van der Waals surface area contributed by atoms with E-state index in [4.69, 9.17) is 23.2 Å². The largest absolute Gasteiger partial charge is 0.390 e. The molecule has 0 amide bonds. The normalized spacial score (nSPS) is 12.6. The van der Waals surface area contributed by atoms with Crippen LogP contribution in [0.3, 0.4) is 0 Å². The molecular weight excluding hydrogens is 303 g/mol. The number of aliphatic hydroxyl groups excluding tert-OH is 1. The summed E-state index contributed by atoms with van der Waals surface area (Å²) in [5.74, 6) is 1.41. The van der Waals surface area contributed by atoms with Crippen LogP contribution in [-0.4, -0.2) is 26.5 Å². The van der Waals surface area contributed by atoms with E-state index in [1.54, 1.807) is 30.4 Å². The minimum absolute atomic E-state index is 0.398. The zero-order valence-corrected chi connectivity index (χ0v) is 12.5. The Labute approximate surface area is 126 Å². The van der Waals surface area contributed by atoms with Crippen LogP contribution < -0.4 is 0 Å². The minimum Gasteiger partial charge on any atom is -0.390 e. The molecule has 0 fully saturated rings. The molecule has 102 valence electrons. The summed E-state index contributed by atoms with van der Waals surface area (Å²) in [6.45, 7) is 0.557. The molecule has 0 aliphatic heterocycles. The monoisotopic (exact) mass is 316 g/mol. The zero-order chi connectivity index (χ0) is 13.7. The lowest BCUT2D eigenvalue weighted by atomic mass is 10.2. The Morgan fingerprint density at radius 2 is 2.21 bits per heavy atom. The topological polar surface area (TPSA) is 38.0 Å². The van der Waals surface area contributed by atoms with Crippen LogP contribution >= 0.6 is 35.0 Å². The van der Waals surface area contributed by atoms with Gasteiger partial charge in [-0.3, -0.25) is 0 Å². The molecule has 0 aliphatic carbocycles. The summed E-state index contributed by atoms with van der Waals surface area (Å²) < 4.78 is 1.86. The Hall–Kier alpha value is -0.680. The fourth-order valence-corrected chi connectivity index (χ4v) is 3.16. The number of hydrogen-bond donors (Lipinski definition) is 1. The first-order chi connectivity index (χ1) is 9.15. The van der Waals surface area contributed by atoms with Crippen molar-refractivity contribution in [3.63, 3.8) is 0 Å². The lowest BCUT2D eigenvalue weighted by Gasteiger charge is -2.11. The van der Waals surface area contributed by atoms with Crippen LogP contribution in [0.2, 0.25) is 10.0 Å². The Kier molecular flexibility index (Phi) is 5.58. The fraction of sp³-hybridized carbons (Fsp3) is 0.308. The van der Waals surface area contributed by atoms with Gasteiger partial charge in [0.25, 0.3) is 0 Å². The van der Waals surface area contributed by atoms with Gasteiger partial charge in [-0.2, -0.15) is 11.8 Å². The van der Waals surface area contributed by atoms with E-state index in [1.165, 1.54) is 0 Å². The van der Waals surface area contributed by atoms with Crippen LogP contribution in [0, 0.1) is 0 Å². The summed E-state index contributed by atoms with van der Waals surface area (Å²) in [6, 6.07) is 5.48. The highest BCUT2D eigenvalue weighted by Crippen LogP contribution is 2.25. The molecule has 1 heterocycles. The number of benzene rings is 1. The molecule has 1 atom stereocenters. The maximum absolute atomic E-state index is 9.89. The quantitative estimate of drug-likeness (QED) is 0.886. The first-order valence-electron chi connectivity index (χ1n) is 5.80. The highest BCUT2D eigenvalue weighted by Gasteiger charge is 2.07. The molecular formula is C13H14Cl2N2OS. The van der Waals surface area contributed by atoms with Gasteiger partial charge >= 0.3 is 0 Å². The van der Waals surface area contributed by atoms with Gasteiger partial charge in [0.1, 0.15) is 0 Å². The summed E-state index contributed by atoms with van der Waals surface area (Å²) in [4.78, 5) is 3.94. The second-order valence-corrected chi connectivity index (χ2v) is 6.04. The lowest BCUT2D eigenvalue weighted by Crippen LogP contribution is -2.17. The molecule has 6 heteroatoms. The molecule has 3 nitrogen and oxygen atoms in total. The average Bonchev–Trinajstić information content (AvgIpc) is 2.84. The van der Waals surface area contributed by atoms with Crippen molar-refractivity contribution < 1.29 is 5.11 Å². The highest BCUT2D eigenvalue weighted by atomic mass is 35.5. The molecule has 0 bridgehead atoms. The number of rotatable bonds is 6. The number of aromatic nitrogens is 2. The highest BCUT2D eigenvalue weighted by molar-refractivity contribution is 7.98. The molecule has 0 radical (unpaired) electrons. The van der Waals surface area contributed by atoms with Gasteiger partial charge < -0.3 is 9.67 Å². The van der Waals surface area contributed by atoms with Gasteiger partial charge in [-0.05, 0) is 17.7 Å². The van der Waals surface area contributed by atoms with Crippen LogP contribution in [0.4, 0.5) is 0 Å². The molecule has 1 aromatic heterocycles. The van der Waals surface area contributed by atoms with Crippen LogP contribution in [0.5, 0.6) is 0 Å². The maximum atomic E-state index is 9.89.